The summed E-state index contributed by atoms with van der Waals surface area (Å²) in [5.41, 5.74) is 0.677. The van der Waals surface area contributed by atoms with Crippen LogP contribution < -0.4 is 5.32 Å². The smallest absolute Gasteiger partial charge is 0.231 e. The Balaban J connectivity index is 1.79. The highest BCUT2D eigenvalue weighted by molar-refractivity contribution is 5.88. The minimum atomic E-state index is -0.439. The molecule has 0 spiro atoms. The maximum Gasteiger partial charge on any atom is 0.231 e. The lowest BCUT2D eigenvalue weighted by molar-refractivity contribution is -0.128. The summed E-state index contributed by atoms with van der Waals surface area (Å²) >= 11 is 0. The van der Waals surface area contributed by atoms with Gasteiger partial charge in [0.25, 0.3) is 0 Å². The van der Waals surface area contributed by atoms with E-state index in [9.17, 15) is 4.79 Å². The lowest BCUT2D eigenvalue weighted by atomic mass is 9.68. The van der Waals surface area contributed by atoms with Crippen LogP contribution in [0.4, 0.5) is 0 Å². The minimum absolute atomic E-state index is 0.0946. The maximum atomic E-state index is 13.4. The van der Waals surface area contributed by atoms with Gasteiger partial charge in [0.15, 0.2) is 5.82 Å². The number of amides is 1. The molecule has 140 valence electrons. The number of ether oxygens (including phenoxy) is 1. The van der Waals surface area contributed by atoms with Crippen molar-refractivity contribution >= 4 is 5.91 Å². The Kier molecular flexibility index (Phi) is 6.04. The maximum absolute atomic E-state index is 13.4. The lowest BCUT2D eigenvalue weighted by Gasteiger charge is -2.37. The van der Waals surface area contributed by atoms with Crippen molar-refractivity contribution in [3.05, 3.63) is 48.0 Å². The van der Waals surface area contributed by atoms with Crippen molar-refractivity contribution in [2.45, 2.75) is 57.0 Å². The van der Waals surface area contributed by atoms with E-state index in [-0.39, 0.29) is 11.9 Å². The third kappa shape index (κ3) is 3.80. The molecule has 2 aromatic rings. The zero-order chi connectivity index (χ0) is 18.4. The first-order valence-corrected chi connectivity index (χ1v) is 9.40. The Morgan fingerprint density at radius 2 is 2.00 bits per heavy atom. The van der Waals surface area contributed by atoms with Crippen LogP contribution in [0.15, 0.2) is 36.7 Å². The van der Waals surface area contributed by atoms with E-state index in [0.717, 1.165) is 37.1 Å². The van der Waals surface area contributed by atoms with Gasteiger partial charge in [-0.2, -0.15) is 0 Å². The quantitative estimate of drug-likeness (QED) is 0.828. The lowest BCUT2D eigenvalue weighted by Crippen LogP contribution is -2.46. The van der Waals surface area contributed by atoms with Crippen LogP contribution in [-0.2, 0) is 21.5 Å². The molecule has 1 N–H and O–H groups in total. The normalized spacial score (nSPS) is 17.6. The highest BCUT2D eigenvalue weighted by Crippen LogP contribution is 2.40. The van der Waals surface area contributed by atoms with E-state index in [4.69, 9.17) is 4.74 Å². The summed E-state index contributed by atoms with van der Waals surface area (Å²) in [6, 6.07) is 9.99. The number of methoxy groups -OCH3 is 1. The molecule has 1 amide bonds. The zero-order valence-corrected chi connectivity index (χ0v) is 15.6. The van der Waals surface area contributed by atoms with Crippen molar-refractivity contribution in [3.63, 3.8) is 0 Å². The van der Waals surface area contributed by atoms with Crippen molar-refractivity contribution in [1.29, 1.82) is 0 Å². The standard InChI is InChI=1S/C20H28N4O2/c1-16(18-23-21-15-24(18)13-14-26-2)22-19(25)20(11-7-4-8-12-20)17-9-5-3-6-10-17/h3,5-6,9-10,15-16H,4,7-8,11-14H2,1-2H3,(H,22,25)/t16-/m1/s1. The van der Waals surface area contributed by atoms with Crippen LogP contribution in [0.5, 0.6) is 0 Å². The SMILES string of the molecule is COCCn1cnnc1[C@@H](C)NC(=O)C1(c2ccccc2)CCCCC1. The fraction of sp³-hybridized carbons (Fsp3) is 0.550. The molecule has 6 nitrogen and oxygen atoms in total. The van der Waals surface area contributed by atoms with Crippen LogP contribution in [0.25, 0.3) is 0 Å². The molecule has 1 heterocycles. The first-order valence-electron chi connectivity index (χ1n) is 9.40. The van der Waals surface area contributed by atoms with Gasteiger partial charge in [0.1, 0.15) is 6.33 Å². The molecule has 0 saturated heterocycles. The molecule has 0 radical (unpaired) electrons. The van der Waals surface area contributed by atoms with E-state index >= 15 is 0 Å². The first kappa shape index (κ1) is 18.6. The number of carbonyl (C=O) groups excluding carboxylic acids is 1. The molecule has 3 rings (SSSR count). The van der Waals surface area contributed by atoms with E-state index < -0.39 is 5.41 Å². The van der Waals surface area contributed by atoms with Gasteiger partial charge in [0, 0.05) is 13.7 Å². The summed E-state index contributed by atoms with van der Waals surface area (Å²) in [5, 5.41) is 11.4. The summed E-state index contributed by atoms with van der Waals surface area (Å²) < 4.78 is 7.07. The minimum Gasteiger partial charge on any atom is -0.383 e. The topological polar surface area (TPSA) is 69.0 Å². The first-order chi connectivity index (χ1) is 12.7. The number of benzene rings is 1. The Hall–Kier alpha value is -2.21. The van der Waals surface area contributed by atoms with E-state index in [1.807, 2.05) is 29.7 Å². The van der Waals surface area contributed by atoms with E-state index in [0.29, 0.717) is 13.2 Å². The zero-order valence-electron chi connectivity index (χ0n) is 15.6. The summed E-state index contributed by atoms with van der Waals surface area (Å²) in [6.07, 6.45) is 6.84. The Labute approximate surface area is 155 Å². The summed E-state index contributed by atoms with van der Waals surface area (Å²) in [5.74, 6) is 0.853. The van der Waals surface area contributed by atoms with Gasteiger partial charge in [0.2, 0.25) is 5.91 Å². The van der Waals surface area contributed by atoms with E-state index in [1.54, 1.807) is 13.4 Å². The molecule has 1 saturated carbocycles. The van der Waals surface area contributed by atoms with Crippen molar-refractivity contribution in [3.8, 4) is 0 Å². The molecule has 0 aliphatic heterocycles. The molecule has 1 aliphatic rings. The molecule has 1 aromatic carbocycles. The number of nitrogens with zero attached hydrogens (tertiary/aromatic N) is 3. The molecular formula is C20H28N4O2. The average molecular weight is 356 g/mol. The molecule has 6 heteroatoms. The second-order valence-electron chi connectivity index (χ2n) is 7.08. The molecule has 1 fully saturated rings. The molecule has 1 aliphatic carbocycles. The highest BCUT2D eigenvalue weighted by Gasteiger charge is 2.41. The largest absolute Gasteiger partial charge is 0.383 e. The molecule has 0 unspecified atom stereocenters. The fourth-order valence-electron chi connectivity index (χ4n) is 3.92. The van der Waals surface area contributed by atoms with Gasteiger partial charge < -0.3 is 14.6 Å². The van der Waals surface area contributed by atoms with Gasteiger partial charge in [-0.3, -0.25) is 4.79 Å². The van der Waals surface area contributed by atoms with Crippen LogP contribution in [0.2, 0.25) is 0 Å². The second-order valence-corrected chi connectivity index (χ2v) is 7.08. The van der Waals surface area contributed by atoms with E-state index in [2.05, 4.69) is 27.6 Å². The van der Waals surface area contributed by atoms with Crippen molar-refractivity contribution in [2.24, 2.45) is 0 Å². The summed E-state index contributed by atoms with van der Waals surface area (Å²) in [4.78, 5) is 13.4. The predicted molar refractivity (Wildman–Crippen MR) is 99.7 cm³/mol. The van der Waals surface area contributed by atoms with Crippen molar-refractivity contribution in [1.82, 2.24) is 20.1 Å². The summed E-state index contributed by atoms with van der Waals surface area (Å²) in [6.45, 7) is 3.22. The molecule has 26 heavy (non-hydrogen) atoms. The Bertz CT molecular complexity index is 708. The van der Waals surface area contributed by atoms with Gasteiger partial charge in [-0.1, -0.05) is 49.6 Å². The number of hydrogen-bond acceptors (Lipinski definition) is 4. The van der Waals surface area contributed by atoms with Crippen LogP contribution in [0.3, 0.4) is 0 Å². The number of hydrogen-bond donors (Lipinski definition) is 1. The molecular weight excluding hydrogens is 328 g/mol. The number of carbonyl (C=O) groups is 1. The fourth-order valence-corrected chi connectivity index (χ4v) is 3.92. The number of nitrogens with one attached hydrogen (secondary N) is 1. The van der Waals surface area contributed by atoms with Crippen molar-refractivity contribution < 1.29 is 9.53 Å². The van der Waals surface area contributed by atoms with Crippen LogP contribution in [0, 0.1) is 0 Å². The molecule has 1 aromatic heterocycles. The second kappa shape index (κ2) is 8.45. The van der Waals surface area contributed by atoms with Crippen molar-refractivity contribution in [2.75, 3.05) is 13.7 Å². The highest BCUT2D eigenvalue weighted by atomic mass is 16.5. The van der Waals surface area contributed by atoms with Gasteiger partial charge >= 0.3 is 0 Å². The van der Waals surface area contributed by atoms with Crippen LogP contribution in [-0.4, -0.2) is 34.4 Å². The van der Waals surface area contributed by atoms with Gasteiger partial charge in [-0.15, -0.1) is 10.2 Å². The Morgan fingerprint density at radius 1 is 1.27 bits per heavy atom. The predicted octanol–water partition coefficient (Wildman–Crippen LogP) is 3.00. The molecule has 0 bridgehead atoms. The third-order valence-electron chi connectivity index (χ3n) is 5.38. The van der Waals surface area contributed by atoms with Crippen LogP contribution >= 0.6 is 0 Å². The monoisotopic (exact) mass is 356 g/mol. The number of aromatic nitrogens is 3. The number of rotatable bonds is 7. The molecule has 1 atom stereocenters. The summed E-state index contributed by atoms with van der Waals surface area (Å²) in [7, 11) is 1.67. The third-order valence-corrected chi connectivity index (χ3v) is 5.38. The van der Waals surface area contributed by atoms with Crippen LogP contribution in [0.1, 0.15) is 56.5 Å². The van der Waals surface area contributed by atoms with Gasteiger partial charge in [-0.05, 0) is 25.3 Å². The van der Waals surface area contributed by atoms with Gasteiger partial charge in [-0.25, -0.2) is 0 Å². The van der Waals surface area contributed by atoms with E-state index in [1.165, 1.54) is 6.42 Å². The van der Waals surface area contributed by atoms with Gasteiger partial charge in [0.05, 0.1) is 18.1 Å². The average Bonchev–Trinajstić information content (AvgIpc) is 3.16. The Morgan fingerprint density at radius 3 is 2.69 bits per heavy atom.